The van der Waals surface area contributed by atoms with Gasteiger partial charge in [-0.2, -0.15) is 0 Å². The van der Waals surface area contributed by atoms with Crippen molar-refractivity contribution in [3.8, 4) is 11.3 Å². The van der Waals surface area contributed by atoms with Crippen LogP contribution in [0.3, 0.4) is 0 Å². The lowest BCUT2D eigenvalue weighted by atomic mass is 10.0. The molecule has 1 nitrogen and oxygen atoms in total. The average molecular weight is 360 g/mol. The highest BCUT2D eigenvalue weighted by molar-refractivity contribution is 6.75. The minimum Gasteiger partial charge on any atom is -0.201 e. The summed E-state index contributed by atoms with van der Waals surface area (Å²) in [6, 6.07) is 10.4. The van der Waals surface area contributed by atoms with Gasteiger partial charge >= 0.3 is 0 Å². The van der Waals surface area contributed by atoms with Gasteiger partial charge in [-0.3, -0.25) is 0 Å². The third kappa shape index (κ3) is 5.42. The number of aryl methyl sites for hydroxylation is 3. The number of aromatic nitrogens is 1. The summed E-state index contributed by atoms with van der Waals surface area (Å²) in [5, 5.41) is 0. The Morgan fingerprint density at radius 3 is 2.29 bits per heavy atom. The van der Waals surface area contributed by atoms with Gasteiger partial charge in [-0.25, -0.2) is 4.57 Å². The molecule has 1 heterocycles. The summed E-state index contributed by atoms with van der Waals surface area (Å²) in [6.07, 6.45) is 0.615. The molecule has 0 saturated carbocycles. The second-order valence-corrected chi connectivity index (χ2v) is 15.4. The molecular formula is C21H33NSi2+. The lowest BCUT2D eigenvalue weighted by molar-refractivity contribution is -0.660. The van der Waals surface area contributed by atoms with Gasteiger partial charge in [0, 0.05) is 39.5 Å². The van der Waals surface area contributed by atoms with Crippen molar-refractivity contribution >= 4 is 16.9 Å². The molecule has 2 aromatic rings. The summed E-state index contributed by atoms with van der Waals surface area (Å²) in [5.74, 6) is -1.29. The molecule has 0 bridgehead atoms. The number of hydrogen-bond acceptors (Lipinski definition) is 0. The van der Waals surface area contributed by atoms with Crippen LogP contribution in [-0.4, -0.2) is 16.9 Å². The van der Waals surface area contributed by atoms with Crippen LogP contribution in [0.5, 0.6) is 0 Å². The smallest absolute Gasteiger partial charge is 0.201 e. The largest absolute Gasteiger partial charge is 0.212 e. The maximum absolute atomic E-state index is 8.56. The van der Waals surface area contributed by atoms with Gasteiger partial charge < -0.3 is 0 Å². The van der Waals surface area contributed by atoms with Crippen molar-refractivity contribution in [3.63, 3.8) is 0 Å². The summed E-state index contributed by atoms with van der Waals surface area (Å²) < 4.78 is 35.9. The Balaban J connectivity index is 2.44. The van der Waals surface area contributed by atoms with Crippen LogP contribution in [0, 0.1) is 6.92 Å². The molecule has 1 aromatic heterocycles. The van der Waals surface area contributed by atoms with Gasteiger partial charge in [-0.15, -0.1) is 0 Å². The Morgan fingerprint density at radius 1 is 1.08 bits per heavy atom. The first-order valence-electron chi connectivity index (χ1n) is 10.6. The van der Waals surface area contributed by atoms with Crippen molar-refractivity contribution in [2.24, 2.45) is 7.05 Å². The predicted octanol–water partition coefficient (Wildman–Crippen LogP) is 5.20. The second-order valence-electron chi connectivity index (χ2n) is 7.88. The van der Waals surface area contributed by atoms with E-state index in [1.54, 1.807) is 0 Å². The quantitative estimate of drug-likeness (QED) is 0.493. The van der Waals surface area contributed by atoms with Crippen LogP contribution in [0.2, 0.25) is 38.8 Å². The summed E-state index contributed by atoms with van der Waals surface area (Å²) in [4.78, 5) is 0. The van der Waals surface area contributed by atoms with Crippen molar-refractivity contribution in [3.05, 3.63) is 53.2 Å². The second kappa shape index (κ2) is 7.79. The van der Waals surface area contributed by atoms with Crippen LogP contribution in [0.4, 0.5) is 0 Å². The molecule has 129 valence electrons. The van der Waals surface area contributed by atoms with Crippen molar-refractivity contribution in [2.45, 2.75) is 58.1 Å². The highest BCUT2D eigenvalue weighted by Gasteiger charge is 2.18. The summed E-state index contributed by atoms with van der Waals surface area (Å²) in [5.41, 5.74) is 4.58. The summed E-state index contributed by atoms with van der Waals surface area (Å²) in [6.45, 7) is 12.5. The molecule has 0 N–H and O–H groups in total. The SMILES string of the molecule is [2H]C([2H])(C[Si](C)C)c1ccc(-c2ccc(C([2H])([2H])[Si](C)(C)C)c[n+]2C)c(C)c1. The van der Waals surface area contributed by atoms with E-state index in [-0.39, 0.29) is 0 Å². The number of nitrogens with zero attached hydrogens (tertiary/aromatic N) is 1. The molecular weight excluding hydrogens is 322 g/mol. The number of rotatable bonds is 6. The van der Waals surface area contributed by atoms with Gasteiger partial charge in [-0.1, -0.05) is 50.9 Å². The van der Waals surface area contributed by atoms with Crippen LogP contribution >= 0.6 is 0 Å². The predicted molar refractivity (Wildman–Crippen MR) is 111 cm³/mol. The standard InChI is InChI=1S/C21H33NSi2/c1-17-14-18(12-13-23(3)4)8-10-20(17)21-11-9-19(15-22(21)2)16-24(5,6)7/h8-11,14-15H,12-13,16H2,1-7H3/q+1/i12D2,16D2. The molecule has 0 atom stereocenters. The molecule has 2 rings (SSSR count). The number of pyridine rings is 1. The fraction of sp³-hybridized carbons (Fsp3) is 0.476. The van der Waals surface area contributed by atoms with Gasteiger partial charge in [0.15, 0.2) is 6.20 Å². The third-order valence-electron chi connectivity index (χ3n) is 3.80. The zero-order valence-electron chi connectivity index (χ0n) is 20.1. The van der Waals surface area contributed by atoms with E-state index in [1.807, 2.05) is 55.1 Å². The molecule has 0 aliphatic heterocycles. The van der Waals surface area contributed by atoms with E-state index in [2.05, 4.69) is 32.7 Å². The monoisotopic (exact) mass is 359 g/mol. The minimum atomic E-state index is -2.02. The molecule has 0 unspecified atom stereocenters. The first-order chi connectivity index (χ1) is 12.7. The Bertz CT molecular complexity index is 858. The maximum atomic E-state index is 8.56. The molecule has 1 radical (unpaired) electrons. The van der Waals surface area contributed by atoms with Crippen LogP contribution in [0.1, 0.15) is 22.2 Å². The van der Waals surface area contributed by atoms with Crippen molar-refractivity contribution < 1.29 is 10.1 Å². The molecule has 1 aromatic carbocycles. The molecule has 0 aliphatic rings. The fourth-order valence-electron chi connectivity index (χ4n) is 2.73. The number of benzene rings is 1. The zero-order valence-corrected chi connectivity index (χ0v) is 18.1. The van der Waals surface area contributed by atoms with Crippen LogP contribution in [0.25, 0.3) is 11.3 Å². The number of hydrogen-bond donors (Lipinski definition) is 0. The molecule has 0 spiro atoms. The average Bonchev–Trinajstić information content (AvgIpc) is 2.52. The van der Waals surface area contributed by atoms with Crippen molar-refractivity contribution in [1.82, 2.24) is 0 Å². The molecule has 24 heavy (non-hydrogen) atoms. The Hall–Kier alpha value is -1.20. The first kappa shape index (κ1) is 14.0. The van der Waals surface area contributed by atoms with Crippen LogP contribution < -0.4 is 4.57 Å². The van der Waals surface area contributed by atoms with Gasteiger partial charge in [0.25, 0.3) is 0 Å². The van der Waals surface area contributed by atoms with E-state index in [9.17, 15) is 0 Å². The van der Waals surface area contributed by atoms with Gasteiger partial charge in [0.1, 0.15) is 7.05 Å². The summed E-state index contributed by atoms with van der Waals surface area (Å²) in [7, 11) is -0.726. The Morgan fingerprint density at radius 2 is 1.75 bits per heavy atom. The van der Waals surface area contributed by atoms with E-state index >= 15 is 0 Å². The molecule has 3 heteroatoms. The van der Waals surface area contributed by atoms with Crippen molar-refractivity contribution in [2.75, 3.05) is 0 Å². The summed E-state index contributed by atoms with van der Waals surface area (Å²) >= 11 is 0. The zero-order chi connectivity index (χ0) is 21.5. The lowest BCUT2D eigenvalue weighted by Gasteiger charge is -2.15. The normalized spacial score (nSPS) is 15.7. The van der Waals surface area contributed by atoms with E-state index in [0.29, 0.717) is 6.04 Å². The Labute approximate surface area is 157 Å². The maximum Gasteiger partial charge on any atom is 0.212 e. The fourth-order valence-corrected chi connectivity index (χ4v) is 4.31. The van der Waals surface area contributed by atoms with Crippen LogP contribution in [-0.2, 0) is 19.4 Å². The lowest BCUT2D eigenvalue weighted by Crippen LogP contribution is -2.33. The molecule has 0 aliphatic carbocycles. The van der Waals surface area contributed by atoms with E-state index in [4.69, 9.17) is 5.48 Å². The Kier molecular flexibility index (Phi) is 4.55. The van der Waals surface area contributed by atoms with Gasteiger partial charge in [0.2, 0.25) is 5.69 Å². The van der Waals surface area contributed by atoms with Crippen LogP contribution in [0.15, 0.2) is 36.5 Å². The highest BCUT2D eigenvalue weighted by Crippen LogP contribution is 2.23. The van der Waals surface area contributed by atoms with E-state index < -0.39 is 29.2 Å². The van der Waals surface area contributed by atoms with Gasteiger partial charge in [-0.05, 0) is 42.6 Å². The first-order valence-corrected chi connectivity index (χ1v) is 14.8. The van der Waals surface area contributed by atoms with Crippen molar-refractivity contribution in [1.29, 1.82) is 0 Å². The molecule has 0 saturated heterocycles. The highest BCUT2D eigenvalue weighted by atomic mass is 28.3. The van der Waals surface area contributed by atoms with E-state index in [1.165, 1.54) is 0 Å². The molecule has 0 amide bonds. The van der Waals surface area contributed by atoms with Gasteiger partial charge in [0.05, 0.1) is 0 Å². The third-order valence-corrected chi connectivity index (χ3v) is 5.72. The minimum absolute atomic E-state index is 0.602. The molecule has 0 fully saturated rings. The van der Waals surface area contributed by atoms with E-state index in [0.717, 1.165) is 27.9 Å². The topological polar surface area (TPSA) is 3.88 Å².